The van der Waals surface area contributed by atoms with E-state index in [1.165, 1.54) is 0 Å². The topological polar surface area (TPSA) is 68.3 Å². The molecule has 7 heavy (non-hydrogen) atoms. The maximum absolute atomic E-state index is 8.40. The quantitative estimate of drug-likeness (QED) is 0.542. The maximum atomic E-state index is 8.40. The van der Waals surface area contributed by atoms with Crippen LogP contribution >= 0.6 is 0 Å². The van der Waals surface area contributed by atoms with E-state index in [1.807, 2.05) is 0 Å². The van der Waals surface area contributed by atoms with Gasteiger partial charge >= 0.3 is 73.7 Å². The molecule has 0 aromatic heterocycles. The van der Waals surface area contributed by atoms with Gasteiger partial charge in [0.1, 0.15) is 0 Å². The molecule has 0 spiro atoms. The van der Waals surface area contributed by atoms with Crippen molar-refractivity contribution in [2.24, 2.45) is 0 Å². The van der Waals surface area contributed by atoms with Gasteiger partial charge in [-0.05, 0) is 0 Å². The predicted molar refractivity (Wildman–Crippen MR) is 8.50 cm³/mol. The van der Waals surface area contributed by atoms with Crippen LogP contribution in [0.5, 0.6) is 0 Å². The second-order valence-corrected chi connectivity index (χ2v) is 0.250. The van der Waals surface area contributed by atoms with Gasteiger partial charge < -0.3 is 0 Å². The van der Waals surface area contributed by atoms with Crippen molar-refractivity contribution in [3.8, 4) is 0 Å². The Balaban J connectivity index is -0.0000000360. The van der Waals surface area contributed by atoms with Crippen LogP contribution in [-0.4, -0.2) is 9.29 Å². The molecule has 36 valence electrons. The van der Waals surface area contributed by atoms with Crippen LogP contribution in [0, 0.1) is 39.8 Å². The number of hydrogen-bond acceptors (Lipinski definition) is 4. The molecule has 0 bridgehead atoms. The van der Waals surface area contributed by atoms with E-state index in [4.69, 9.17) is 13.2 Å². The van der Waals surface area contributed by atoms with Crippen molar-refractivity contribution in [1.29, 1.82) is 0 Å². The molecule has 0 atom stereocenters. The van der Waals surface area contributed by atoms with E-state index in [0.717, 1.165) is 20.4 Å². The van der Waals surface area contributed by atoms with Crippen LogP contribution in [-0.2, 0) is 33.6 Å². The van der Waals surface area contributed by atoms with E-state index < -0.39 is 9.29 Å². The van der Waals surface area contributed by atoms with Gasteiger partial charge in [-0.25, -0.2) is 0 Å². The molecule has 0 aromatic carbocycles. The summed E-state index contributed by atoms with van der Waals surface area (Å²) in [7, 11) is -1.42. The number of rotatable bonds is 0. The van der Waals surface area contributed by atoms with Gasteiger partial charge in [0.2, 0.25) is 0 Å². The Morgan fingerprint density at radius 3 is 1.14 bits per heavy atom. The summed E-state index contributed by atoms with van der Waals surface area (Å²) in [4.78, 5) is 0. The average molecular weight is 280 g/mol. The summed E-state index contributed by atoms with van der Waals surface area (Å²) in [6.07, 6.45) is 0. The SMILES string of the molecule is O=[Si]=O.[O]=[Ce].[O]=[Ti]. The van der Waals surface area contributed by atoms with Crippen LogP contribution in [0.2, 0.25) is 0 Å². The summed E-state index contributed by atoms with van der Waals surface area (Å²) in [6.45, 7) is 0. The molecule has 0 fully saturated rings. The van der Waals surface area contributed by atoms with Crippen LogP contribution in [0.25, 0.3) is 0 Å². The zero-order valence-corrected chi connectivity index (χ0v) is 8.83. The van der Waals surface area contributed by atoms with Crippen molar-refractivity contribution in [3.05, 3.63) is 0 Å². The van der Waals surface area contributed by atoms with Gasteiger partial charge in [-0.15, -0.1) is 0 Å². The minimum atomic E-state index is -1.42. The fraction of sp³-hybridized carbons (Fsp3) is 0. The molecule has 0 saturated heterocycles. The van der Waals surface area contributed by atoms with Crippen LogP contribution in [0.3, 0.4) is 0 Å². The Bertz CT molecular complexity index is 47.7. The summed E-state index contributed by atoms with van der Waals surface area (Å²) in [5, 5.41) is 0. The average Bonchev–Trinajstić information content (AvgIpc) is 1.78. The van der Waals surface area contributed by atoms with Crippen molar-refractivity contribution in [2.45, 2.75) is 0 Å². The zero-order valence-electron chi connectivity index (χ0n) is 3.13. The minimum absolute atomic E-state index is 0.0556. The standard InChI is InChI=1S/Ce.O2Si.2O.Ti/c;1-3-2;;;. The molecule has 0 rings (SSSR count). The third-order valence-corrected chi connectivity index (χ3v) is 0. The van der Waals surface area contributed by atoms with Gasteiger partial charge in [0.15, 0.2) is 0 Å². The Kier molecular flexibility index (Phi) is 114. The molecule has 0 saturated carbocycles. The molecule has 0 aliphatic heterocycles. The second kappa shape index (κ2) is 50.6. The third kappa shape index (κ3) is 100. The van der Waals surface area contributed by atoms with Crippen LogP contribution < -0.4 is 0 Å². The Morgan fingerprint density at radius 1 is 1.14 bits per heavy atom. The van der Waals surface area contributed by atoms with Gasteiger partial charge in [0.05, 0.1) is 0 Å². The molecule has 0 N–H and O–H groups in total. The molecule has 4 nitrogen and oxygen atoms in total. The fourth-order valence-electron chi connectivity index (χ4n) is 0. The molecular weight excluding hydrogens is 280 g/mol. The van der Waals surface area contributed by atoms with Gasteiger partial charge in [-0.1, -0.05) is 0 Å². The fourth-order valence-corrected chi connectivity index (χ4v) is 0. The van der Waals surface area contributed by atoms with E-state index in [2.05, 4.69) is 0 Å². The molecule has 0 heterocycles. The Hall–Kier alpha value is 1.51. The molecule has 0 unspecified atom stereocenters. The molecule has 0 amide bonds. The normalized spacial score (nSPS) is 2.00. The van der Waals surface area contributed by atoms with Crippen molar-refractivity contribution < 1.29 is 73.4 Å². The molecule has 0 aromatic rings. The first-order chi connectivity index (χ1) is 3.41. The van der Waals surface area contributed by atoms with Gasteiger partial charge in [-0.3, -0.25) is 8.92 Å². The van der Waals surface area contributed by atoms with E-state index in [-0.39, 0.29) is 39.8 Å². The molecule has 7 heteroatoms. The summed E-state index contributed by atoms with van der Waals surface area (Å²) < 4.78 is 33.4. The summed E-state index contributed by atoms with van der Waals surface area (Å²) >= 11 is 0.806. The van der Waals surface area contributed by atoms with Crippen molar-refractivity contribution in [1.82, 2.24) is 0 Å². The molecule has 0 aliphatic rings. The zero-order chi connectivity index (χ0) is 6.71. The monoisotopic (exact) mass is 280 g/mol. The van der Waals surface area contributed by atoms with Crippen LogP contribution in [0.4, 0.5) is 0 Å². The van der Waals surface area contributed by atoms with Gasteiger partial charge in [-0.2, -0.15) is 0 Å². The summed E-state index contributed by atoms with van der Waals surface area (Å²) in [5.74, 6) is 0. The molecular formula is CeO4SiTi. The van der Waals surface area contributed by atoms with E-state index in [9.17, 15) is 0 Å². The third-order valence-electron chi connectivity index (χ3n) is 0. The second-order valence-electron chi connectivity index (χ2n) is 0.0833. The van der Waals surface area contributed by atoms with E-state index in [1.54, 1.807) is 0 Å². The van der Waals surface area contributed by atoms with E-state index >= 15 is 0 Å². The van der Waals surface area contributed by atoms with Crippen LogP contribution in [0.1, 0.15) is 0 Å². The first kappa shape index (κ1) is 15.8. The first-order valence-electron chi connectivity index (χ1n) is 0.816. The van der Waals surface area contributed by atoms with Crippen molar-refractivity contribution in [2.75, 3.05) is 0 Å². The van der Waals surface area contributed by atoms with Crippen molar-refractivity contribution in [3.63, 3.8) is 0 Å². The summed E-state index contributed by atoms with van der Waals surface area (Å²) in [5.41, 5.74) is 0. The van der Waals surface area contributed by atoms with E-state index in [0.29, 0.717) is 0 Å². The summed E-state index contributed by atoms with van der Waals surface area (Å²) in [6, 6.07) is 0. The van der Waals surface area contributed by atoms with Gasteiger partial charge in [0.25, 0.3) is 0 Å². The van der Waals surface area contributed by atoms with Gasteiger partial charge in [0, 0.05) is 0 Å². The van der Waals surface area contributed by atoms with Crippen LogP contribution in [0.15, 0.2) is 0 Å². The first-order valence-corrected chi connectivity index (χ1v) is 3.55. The number of hydrogen-bond donors (Lipinski definition) is 0. The predicted octanol–water partition coefficient (Wildman–Crippen LogP) is -0.859. The van der Waals surface area contributed by atoms with Crippen molar-refractivity contribution >= 4 is 9.29 Å². The molecule has 0 aliphatic carbocycles. The molecule has 0 radical (unpaired) electrons. The Morgan fingerprint density at radius 2 is 1.14 bits per heavy atom. The Labute approximate surface area is 81.3 Å².